The SMILES string of the molecule is Cc1ccc(-c2cc(/C=C/[C@@]34NC(=O)CCN3c3ccccc3C4(C)C)n(-c3ccccc3)n2)cc1. The fourth-order valence-corrected chi connectivity index (χ4v) is 5.68. The molecule has 2 aliphatic heterocycles. The average Bonchev–Trinajstić information content (AvgIpc) is 3.40. The van der Waals surface area contributed by atoms with Crippen LogP contribution in [0.25, 0.3) is 23.0 Å². The number of aryl methyl sites for hydroxylation is 1. The minimum Gasteiger partial charge on any atom is -0.344 e. The van der Waals surface area contributed by atoms with Gasteiger partial charge in [0.05, 0.1) is 17.1 Å². The predicted octanol–water partition coefficient (Wildman–Crippen LogP) is 5.87. The Balaban J connectivity index is 1.49. The van der Waals surface area contributed by atoms with E-state index in [0.717, 1.165) is 22.6 Å². The third-order valence-electron chi connectivity index (χ3n) is 7.72. The molecule has 1 atom stereocenters. The van der Waals surface area contributed by atoms with Crippen molar-refractivity contribution in [2.24, 2.45) is 0 Å². The number of carbonyl (C=O) groups excluding carboxylic acids is 1. The van der Waals surface area contributed by atoms with Crippen LogP contribution in [-0.4, -0.2) is 27.9 Å². The van der Waals surface area contributed by atoms with Crippen LogP contribution in [0.1, 0.15) is 37.1 Å². The van der Waals surface area contributed by atoms with Gasteiger partial charge in [-0.1, -0.05) is 80.1 Å². The minimum atomic E-state index is -0.665. The second-order valence-corrected chi connectivity index (χ2v) is 10.3. The van der Waals surface area contributed by atoms with E-state index in [-0.39, 0.29) is 11.3 Å². The topological polar surface area (TPSA) is 50.2 Å². The van der Waals surface area contributed by atoms with Gasteiger partial charge in [0.25, 0.3) is 0 Å². The number of para-hydroxylation sites is 2. The number of nitrogens with zero attached hydrogens (tertiary/aromatic N) is 3. The number of benzene rings is 3. The second-order valence-electron chi connectivity index (χ2n) is 10.3. The lowest BCUT2D eigenvalue weighted by molar-refractivity contribution is -0.124. The maximum atomic E-state index is 12.8. The van der Waals surface area contributed by atoms with E-state index < -0.39 is 5.66 Å². The van der Waals surface area contributed by atoms with E-state index in [9.17, 15) is 4.79 Å². The van der Waals surface area contributed by atoms with Crippen molar-refractivity contribution in [3.63, 3.8) is 0 Å². The van der Waals surface area contributed by atoms with E-state index in [1.807, 2.05) is 22.9 Å². The highest BCUT2D eigenvalue weighted by atomic mass is 16.2. The predicted molar refractivity (Wildman–Crippen MR) is 145 cm³/mol. The molecule has 180 valence electrons. The summed E-state index contributed by atoms with van der Waals surface area (Å²) in [7, 11) is 0. The van der Waals surface area contributed by atoms with Crippen LogP contribution in [0.15, 0.2) is 91.0 Å². The summed E-state index contributed by atoms with van der Waals surface area (Å²) in [4.78, 5) is 15.1. The molecule has 0 saturated carbocycles. The minimum absolute atomic E-state index is 0.0775. The first-order valence-corrected chi connectivity index (χ1v) is 12.5. The van der Waals surface area contributed by atoms with Crippen molar-refractivity contribution in [3.05, 3.63) is 108 Å². The van der Waals surface area contributed by atoms with Crippen LogP contribution >= 0.6 is 0 Å². The summed E-state index contributed by atoms with van der Waals surface area (Å²) in [6.07, 6.45) is 4.77. The van der Waals surface area contributed by atoms with Gasteiger partial charge in [0.1, 0.15) is 5.66 Å². The lowest BCUT2D eigenvalue weighted by Crippen LogP contribution is -2.68. The Morgan fingerprint density at radius 2 is 1.67 bits per heavy atom. The fraction of sp³-hybridized carbons (Fsp3) is 0.226. The van der Waals surface area contributed by atoms with Gasteiger partial charge in [-0.05, 0) is 48.9 Å². The maximum Gasteiger partial charge on any atom is 0.223 e. The molecule has 5 heteroatoms. The molecule has 1 N–H and O–H groups in total. The van der Waals surface area contributed by atoms with Gasteiger partial charge in [0.15, 0.2) is 0 Å². The molecule has 0 aliphatic carbocycles. The van der Waals surface area contributed by atoms with Crippen molar-refractivity contribution in [3.8, 4) is 16.9 Å². The quantitative estimate of drug-likeness (QED) is 0.402. The van der Waals surface area contributed by atoms with Crippen molar-refractivity contribution in [2.75, 3.05) is 11.4 Å². The van der Waals surface area contributed by atoms with E-state index >= 15 is 0 Å². The number of hydrogen-bond donors (Lipinski definition) is 1. The average molecular weight is 475 g/mol. The molecule has 36 heavy (non-hydrogen) atoms. The van der Waals surface area contributed by atoms with Gasteiger partial charge < -0.3 is 10.2 Å². The van der Waals surface area contributed by atoms with Crippen LogP contribution in [0.4, 0.5) is 5.69 Å². The van der Waals surface area contributed by atoms with Gasteiger partial charge in [-0.3, -0.25) is 4.79 Å². The Morgan fingerprint density at radius 1 is 0.944 bits per heavy atom. The molecule has 1 saturated heterocycles. The molecule has 0 spiro atoms. The molecule has 3 aromatic carbocycles. The Bertz CT molecular complexity index is 1470. The molecule has 5 nitrogen and oxygen atoms in total. The zero-order valence-corrected chi connectivity index (χ0v) is 20.9. The molecule has 1 aromatic heterocycles. The molecule has 3 heterocycles. The van der Waals surface area contributed by atoms with Crippen molar-refractivity contribution < 1.29 is 4.79 Å². The van der Waals surface area contributed by atoms with E-state index in [1.165, 1.54) is 16.8 Å². The highest BCUT2D eigenvalue weighted by molar-refractivity contribution is 5.84. The zero-order chi connectivity index (χ0) is 24.9. The third-order valence-corrected chi connectivity index (χ3v) is 7.72. The number of carbonyl (C=O) groups is 1. The van der Waals surface area contributed by atoms with Gasteiger partial charge in [0, 0.05) is 29.6 Å². The van der Waals surface area contributed by atoms with Gasteiger partial charge in [-0.15, -0.1) is 0 Å². The summed E-state index contributed by atoms with van der Waals surface area (Å²) in [5, 5.41) is 8.36. The van der Waals surface area contributed by atoms with Crippen molar-refractivity contribution >= 4 is 17.7 Å². The zero-order valence-electron chi connectivity index (χ0n) is 20.9. The first kappa shape index (κ1) is 22.4. The maximum absolute atomic E-state index is 12.8. The van der Waals surface area contributed by atoms with Crippen LogP contribution in [0, 0.1) is 6.92 Å². The molecular formula is C31H30N4O. The highest BCUT2D eigenvalue weighted by Crippen LogP contribution is 2.52. The van der Waals surface area contributed by atoms with E-state index in [2.05, 4.69) is 110 Å². The standard InChI is InChI=1S/C31H30N4O/c1-22-13-15-23(16-14-22)27-21-25(35(33-27)24-9-5-4-6-10-24)17-19-31-30(2,3)26-11-7-8-12-28(26)34(31)20-18-29(36)32-31/h4-17,19,21H,18,20H2,1-3H3,(H,32,36)/b19-17+/t31-/m1/s1. The number of hydrogen-bond acceptors (Lipinski definition) is 3. The summed E-state index contributed by atoms with van der Waals surface area (Å²) >= 11 is 0. The largest absolute Gasteiger partial charge is 0.344 e. The van der Waals surface area contributed by atoms with Crippen LogP contribution in [0.2, 0.25) is 0 Å². The third kappa shape index (κ3) is 3.38. The first-order valence-electron chi connectivity index (χ1n) is 12.5. The summed E-state index contributed by atoms with van der Waals surface area (Å²) in [6, 6.07) is 29.2. The molecule has 6 rings (SSSR count). The Labute approximate surface area is 212 Å². The second kappa shape index (κ2) is 8.23. The Hall–Kier alpha value is -4.12. The summed E-state index contributed by atoms with van der Waals surface area (Å²) in [5.41, 5.74) is 6.59. The monoisotopic (exact) mass is 474 g/mol. The molecule has 2 aliphatic rings. The van der Waals surface area contributed by atoms with Gasteiger partial charge >= 0.3 is 0 Å². The van der Waals surface area contributed by atoms with Gasteiger partial charge in [0.2, 0.25) is 5.91 Å². The summed E-state index contributed by atoms with van der Waals surface area (Å²) in [6.45, 7) is 7.20. The van der Waals surface area contributed by atoms with Crippen LogP contribution in [-0.2, 0) is 10.2 Å². The van der Waals surface area contributed by atoms with Gasteiger partial charge in [-0.2, -0.15) is 5.10 Å². The van der Waals surface area contributed by atoms with Crippen LogP contribution in [0.3, 0.4) is 0 Å². The Kier molecular flexibility index (Phi) is 5.11. The molecule has 4 aromatic rings. The van der Waals surface area contributed by atoms with E-state index in [1.54, 1.807) is 0 Å². The number of nitrogens with one attached hydrogen (secondary N) is 1. The van der Waals surface area contributed by atoms with E-state index in [0.29, 0.717) is 13.0 Å². The normalized spacial score (nSPS) is 20.3. The lowest BCUT2D eigenvalue weighted by atomic mass is 9.74. The number of fused-ring (bicyclic) bond motifs is 3. The summed E-state index contributed by atoms with van der Waals surface area (Å²) in [5.74, 6) is 0.0775. The van der Waals surface area contributed by atoms with Crippen molar-refractivity contribution in [1.82, 2.24) is 15.1 Å². The number of amides is 1. The molecule has 1 fully saturated rings. The highest BCUT2D eigenvalue weighted by Gasteiger charge is 2.57. The number of rotatable bonds is 4. The molecule has 0 radical (unpaired) electrons. The molecule has 0 bridgehead atoms. The van der Waals surface area contributed by atoms with Gasteiger partial charge in [-0.25, -0.2) is 4.68 Å². The molecule has 1 amide bonds. The fourth-order valence-electron chi connectivity index (χ4n) is 5.68. The smallest absolute Gasteiger partial charge is 0.223 e. The van der Waals surface area contributed by atoms with Crippen molar-refractivity contribution in [1.29, 1.82) is 0 Å². The van der Waals surface area contributed by atoms with Crippen molar-refractivity contribution in [2.45, 2.75) is 38.3 Å². The molecular weight excluding hydrogens is 444 g/mol. The summed E-state index contributed by atoms with van der Waals surface area (Å²) < 4.78 is 1.98. The van der Waals surface area contributed by atoms with Crippen LogP contribution in [0.5, 0.6) is 0 Å². The first-order chi connectivity index (χ1) is 17.4. The number of anilines is 1. The van der Waals surface area contributed by atoms with Crippen LogP contribution < -0.4 is 10.2 Å². The Morgan fingerprint density at radius 3 is 2.44 bits per heavy atom. The number of aromatic nitrogens is 2. The van der Waals surface area contributed by atoms with E-state index in [4.69, 9.17) is 5.10 Å². The lowest BCUT2D eigenvalue weighted by Gasteiger charge is -2.49. The molecule has 0 unspecified atom stereocenters.